The van der Waals surface area contributed by atoms with Crippen LogP contribution >= 0.6 is 0 Å². The van der Waals surface area contributed by atoms with E-state index in [0.29, 0.717) is 11.1 Å². The summed E-state index contributed by atoms with van der Waals surface area (Å²) in [5.41, 5.74) is 2.52. The molecular weight excluding hydrogens is 194 g/mol. The molecule has 0 aliphatic rings. The molecule has 0 aliphatic heterocycles. The lowest BCUT2D eigenvalue weighted by molar-refractivity contribution is -0.136. The number of aryl methyl sites for hydroxylation is 1. The van der Waals surface area contributed by atoms with E-state index in [1.54, 1.807) is 0 Å². The van der Waals surface area contributed by atoms with Gasteiger partial charge in [0, 0.05) is 0 Å². The Labute approximate surface area is 86.5 Å². The van der Waals surface area contributed by atoms with Gasteiger partial charge in [-0.3, -0.25) is 4.79 Å². The van der Waals surface area contributed by atoms with Crippen LogP contribution in [-0.4, -0.2) is 16.1 Å². The van der Waals surface area contributed by atoms with E-state index in [0.717, 1.165) is 12.0 Å². The number of carboxylic acid groups (broad SMARTS) is 1. The van der Waals surface area contributed by atoms with Crippen LogP contribution in [0, 0.1) is 0 Å². The predicted molar refractivity (Wildman–Crippen MR) is 54.7 cm³/mol. The van der Waals surface area contributed by atoms with Crippen LogP contribution in [-0.2, 0) is 17.6 Å². The molecule has 0 spiro atoms. The topological polar surface area (TPSA) is 63.3 Å². The standard InChI is InChI=1S/C11H11NO3/c1-2-7-3-4-8-9(5-7)15-10(12-8)6-11(13)14/h3-5H,2,6H2,1H3,(H,13,14). The van der Waals surface area contributed by atoms with Crippen molar-refractivity contribution in [1.82, 2.24) is 4.98 Å². The van der Waals surface area contributed by atoms with Crippen LogP contribution in [0.5, 0.6) is 0 Å². The molecule has 0 fully saturated rings. The molecule has 2 aromatic rings. The Morgan fingerprint density at radius 3 is 3.00 bits per heavy atom. The summed E-state index contributed by atoms with van der Waals surface area (Å²) in [5, 5.41) is 8.59. The van der Waals surface area contributed by atoms with E-state index in [9.17, 15) is 4.79 Å². The van der Waals surface area contributed by atoms with E-state index in [1.807, 2.05) is 18.2 Å². The van der Waals surface area contributed by atoms with Crippen molar-refractivity contribution in [2.24, 2.45) is 0 Å². The molecule has 1 aromatic heterocycles. The molecule has 2 rings (SSSR count). The quantitative estimate of drug-likeness (QED) is 0.832. The average molecular weight is 205 g/mol. The molecule has 0 aliphatic carbocycles. The maximum atomic E-state index is 10.5. The van der Waals surface area contributed by atoms with E-state index in [4.69, 9.17) is 9.52 Å². The fourth-order valence-corrected chi connectivity index (χ4v) is 1.44. The number of benzene rings is 1. The van der Waals surface area contributed by atoms with Crippen LogP contribution in [0.4, 0.5) is 0 Å². The van der Waals surface area contributed by atoms with Gasteiger partial charge in [0.1, 0.15) is 11.9 Å². The van der Waals surface area contributed by atoms with Gasteiger partial charge < -0.3 is 9.52 Å². The number of nitrogens with zero attached hydrogens (tertiary/aromatic N) is 1. The summed E-state index contributed by atoms with van der Waals surface area (Å²) < 4.78 is 5.33. The van der Waals surface area contributed by atoms with Crippen LogP contribution in [0.25, 0.3) is 11.1 Å². The maximum Gasteiger partial charge on any atom is 0.312 e. The zero-order valence-corrected chi connectivity index (χ0v) is 8.36. The second kappa shape index (κ2) is 3.73. The van der Waals surface area contributed by atoms with Crippen molar-refractivity contribution in [1.29, 1.82) is 0 Å². The van der Waals surface area contributed by atoms with Crippen LogP contribution in [0.3, 0.4) is 0 Å². The largest absolute Gasteiger partial charge is 0.481 e. The van der Waals surface area contributed by atoms with Crippen molar-refractivity contribution in [3.8, 4) is 0 Å². The number of hydrogen-bond donors (Lipinski definition) is 1. The Balaban J connectivity index is 2.42. The molecular formula is C11H11NO3. The van der Waals surface area contributed by atoms with Crippen molar-refractivity contribution in [3.05, 3.63) is 29.7 Å². The minimum atomic E-state index is -0.933. The first-order valence-electron chi connectivity index (χ1n) is 4.79. The zero-order chi connectivity index (χ0) is 10.8. The molecule has 0 atom stereocenters. The first-order chi connectivity index (χ1) is 7.19. The molecule has 15 heavy (non-hydrogen) atoms. The molecule has 0 bridgehead atoms. The van der Waals surface area contributed by atoms with E-state index in [-0.39, 0.29) is 12.3 Å². The van der Waals surface area contributed by atoms with Crippen LogP contribution < -0.4 is 0 Å². The fraction of sp³-hybridized carbons (Fsp3) is 0.273. The predicted octanol–water partition coefficient (Wildman–Crippen LogP) is 2.02. The highest BCUT2D eigenvalue weighted by Gasteiger charge is 2.09. The third kappa shape index (κ3) is 1.98. The van der Waals surface area contributed by atoms with Gasteiger partial charge in [-0.05, 0) is 24.1 Å². The molecule has 0 saturated heterocycles. The van der Waals surface area contributed by atoms with Gasteiger partial charge >= 0.3 is 5.97 Å². The SMILES string of the molecule is CCc1ccc2nc(CC(=O)O)oc2c1. The van der Waals surface area contributed by atoms with Crippen LogP contribution in [0.1, 0.15) is 18.4 Å². The minimum Gasteiger partial charge on any atom is -0.481 e. The van der Waals surface area contributed by atoms with E-state index < -0.39 is 5.97 Å². The highest BCUT2D eigenvalue weighted by Crippen LogP contribution is 2.17. The highest BCUT2D eigenvalue weighted by atomic mass is 16.4. The molecule has 4 heteroatoms. The lowest BCUT2D eigenvalue weighted by atomic mass is 10.1. The Morgan fingerprint density at radius 2 is 2.33 bits per heavy atom. The summed E-state index contributed by atoms with van der Waals surface area (Å²) in [6.07, 6.45) is 0.751. The number of carboxylic acids is 1. The maximum absolute atomic E-state index is 10.5. The second-order valence-electron chi connectivity index (χ2n) is 3.33. The van der Waals surface area contributed by atoms with E-state index >= 15 is 0 Å². The van der Waals surface area contributed by atoms with Crippen molar-refractivity contribution in [2.45, 2.75) is 19.8 Å². The molecule has 0 radical (unpaired) electrons. The number of aliphatic carboxylic acids is 1. The molecule has 0 saturated carbocycles. The smallest absolute Gasteiger partial charge is 0.312 e. The van der Waals surface area contributed by atoms with Crippen molar-refractivity contribution >= 4 is 17.1 Å². The van der Waals surface area contributed by atoms with Gasteiger partial charge in [-0.2, -0.15) is 0 Å². The number of rotatable bonds is 3. The summed E-state index contributed by atoms with van der Waals surface area (Å²) in [5.74, 6) is -0.678. The average Bonchev–Trinajstić information content (AvgIpc) is 2.57. The summed E-state index contributed by atoms with van der Waals surface area (Å²) in [6, 6.07) is 5.71. The van der Waals surface area contributed by atoms with Crippen molar-refractivity contribution in [3.63, 3.8) is 0 Å². The summed E-state index contributed by atoms with van der Waals surface area (Å²) in [6.45, 7) is 2.05. The molecule has 1 heterocycles. The monoisotopic (exact) mass is 205 g/mol. The highest BCUT2D eigenvalue weighted by molar-refractivity contribution is 5.75. The lowest BCUT2D eigenvalue weighted by Crippen LogP contribution is -1.99. The van der Waals surface area contributed by atoms with E-state index in [1.165, 1.54) is 0 Å². The van der Waals surface area contributed by atoms with Gasteiger partial charge in [0.2, 0.25) is 5.89 Å². The number of oxazole rings is 1. The fourth-order valence-electron chi connectivity index (χ4n) is 1.44. The Bertz CT molecular complexity index is 502. The normalized spacial score (nSPS) is 10.7. The summed E-state index contributed by atoms with van der Waals surface area (Å²) in [4.78, 5) is 14.5. The van der Waals surface area contributed by atoms with Gasteiger partial charge in [-0.1, -0.05) is 13.0 Å². The molecule has 4 nitrogen and oxygen atoms in total. The molecule has 78 valence electrons. The van der Waals surface area contributed by atoms with Crippen molar-refractivity contribution in [2.75, 3.05) is 0 Å². The number of aromatic nitrogens is 1. The summed E-state index contributed by atoms with van der Waals surface area (Å²) in [7, 11) is 0. The second-order valence-corrected chi connectivity index (χ2v) is 3.33. The van der Waals surface area contributed by atoms with E-state index in [2.05, 4.69) is 11.9 Å². The van der Waals surface area contributed by atoms with Crippen LogP contribution in [0.2, 0.25) is 0 Å². The summed E-state index contributed by atoms with van der Waals surface area (Å²) >= 11 is 0. The minimum absolute atomic E-state index is 0.170. The molecule has 1 N–H and O–H groups in total. The molecule has 1 aromatic carbocycles. The molecule has 0 unspecified atom stereocenters. The number of carbonyl (C=O) groups is 1. The van der Waals surface area contributed by atoms with Gasteiger partial charge in [0.05, 0.1) is 0 Å². The first-order valence-corrected chi connectivity index (χ1v) is 4.79. The Morgan fingerprint density at radius 1 is 1.53 bits per heavy atom. The van der Waals surface area contributed by atoms with Crippen molar-refractivity contribution < 1.29 is 14.3 Å². The Kier molecular flexibility index (Phi) is 2.41. The van der Waals surface area contributed by atoms with Gasteiger partial charge in [-0.25, -0.2) is 4.98 Å². The van der Waals surface area contributed by atoms with Crippen LogP contribution in [0.15, 0.2) is 22.6 Å². The Hall–Kier alpha value is -1.84. The van der Waals surface area contributed by atoms with Gasteiger partial charge in [0.25, 0.3) is 0 Å². The zero-order valence-electron chi connectivity index (χ0n) is 8.36. The molecule has 0 amide bonds. The third-order valence-corrected chi connectivity index (χ3v) is 2.21. The number of fused-ring (bicyclic) bond motifs is 1. The lowest BCUT2D eigenvalue weighted by Gasteiger charge is -1.92. The van der Waals surface area contributed by atoms with Gasteiger partial charge in [0.15, 0.2) is 5.58 Å². The number of hydrogen-bond acceptors (Lipinski definition) is 3. The van der Waals surface area contributed by atoms with Gasteiger partial charge in [-0.15, -0.1) is 0 Å². The first kappa shape index (κ1) is 9.71. The third-order valence-electron chi connectivity index (χ3n) is 2.21.